The molecule has 0 fully saturated rings. The Morgan fingerprint density at radius 1 is 1.26 bits per heavy atom. The molecular weight excluding hydrogens is 371 g/mol. The lowest BCUT2D eigenvalue weighted by Crippen LogP contribution is -2.07. The number of esters is 1. The molecular formula is C18H17FN4O3S. The lowest BCUT2D eigenvalue weighted by atomic mass is 10.1. The number of methoxy groups -OCH3 is 1. The van der Waals surface area contributed by atoms with Crippen LogP contribution in [0.15, 0.2) is 29.4 Å². The average Bonchev–Trinajstić information content (AvgIpc) is 3.24. The number of rotatable bonds is 6. The number of H-pyrrole nitrogens is 2. The van der Waals surface area contributed by atoms with Crippen molar-refractivity contribution in [1.82, 2.24) is 20.2 Å². The lowest BCUT2D eigenvalue weighted by molar-refractivity contribution is 0.0599. The number of carbonyl (C=O) groups is 2. The third-order valence-electron chi connectivity index (χ3n) is 4.03. The Labute approximate surface area is 158 Å². The molecule has 0 amide bonds. The Balaban J connectivity index is 1.72. The maximum absolute atomic E-state index is 13.8. The van der Waals surface area contributed by atoms with Crippen molar-refractivity contribution in [2.75, 3.05) is 12.9 Å². The minimum Gasteiger partial charge on any atom is -0.465 e. The number of hydrogen-bond acceptors (Lipinski definition) is 6. The van der Waals surface area contributed by atoms with Crippen LogP contribution in [0.1, 0.15) is 32.1 Å². The monoisotopic (exact) mass is 388 g/mol. The first-order chi connectivity index (χ1) is 12.9. The molecule has 0 aliphatic rings. The summed E-state index contributed by atoms with van der Waals surface area (Å²) in [5.74, 6) is -0.739. The van der Waals surface area contributed by atoms with E-state index in [1.54, 1.807) is 32.0 Å². The number of Topliss-reactive ketones (excluding diaryl/α,β-unsaturated/α-hetero) is 1. The van der Waals surface area contributed by atoms with Crippen LogP contribution in [0.5, 0.6) is 0 Å². The molecule has 2 aromatic heterocycles. The summed E-state index contributed by atoms with van der Waals surface area (Å²) in [5.41, 5.74) is 2.15. The Hall–Kier alpha value is -2.94. The van der Waals surface area contributed by atoms with E-state index in [4.69, 9.17) is 4.74 Å². The number of aromatic nitrogens is 4. The number of benzene rings is 1. The van der Waals surface area contributed by atoms with E-state index in [-0.39, 0.29) is 11.5 Å². The molecule has 27 heavy (non-hydrogen) atoms. The summed E-state index contributed by atoms with van der Waals surface area (Å²) in [6.07, 6.45) is 0. The third-order valence-corrected chi connectivity index (χ3v) is 4.88. The maximum atomic E-state index is 13.8. The second-order valence-corrected chi connectivity index (χ2v) is 6.72. The van der Waals surface area contributed by atoms with Crippen LogP contribution in [0, 0.1) is 19.7 Å². The van der Waals surface area contributed by atoms with Crippen LogP contribution in [0.2, 0.25) is 0 Å². The molecule has 0 bridgehead atoms. The van der Waals surface area contributed by atoms with Crippen LogP contribution >= 0.6 is 11.8 Å². The fraction of sp³-hybridized carbons (Fsp3) is 0.222. The number of aryl methyl sites for hydroxylation is 1. The highest BCUT2D eigenvalue weighted by molar-refractivity contribution is 7.99. The number of halogens is 1. The van der Waals surface area contributed by atoms with Crippen LogP contribution in [0.3, 0.4) is 0 Å². The molecule has 0 aliphatic carbocycles. The van der Waals surface area contributed by atoms with E-state index < -0.39 is 11.8 Å². The predicted octanol–water partition coefficient (Wildman–Crippen LogP) is 3.32. The summed E-state index contributed by atoms with van der Waals surface area (Å²) in [7, 11) is 1.29. The smallest absolute Gasteiger partial charge is 0.339 e. The van der Waals surface area contributed by atoms with Gasteiger partial charge in [0.05, 0.1) is 29.7 Å². The minimum atomic E-state index is -0.489. The highest BCUT2D eigenvalue weighted by Gasteiger charge is 2.22. The maximum Gasteiger partial charge on any atom is 0.339 e. The van der Waals surface area contributed by atoms with Crippen LogP contribution in [0.25, 0.3) is 11.4 Å². The highest BCUT2D eigenvalue weighted by atomic mass is 32.2. The van der Waals surface area contributed by atoms with Crippen LogP contribution < -0.4 is 0 Å². The quantitative estimate of drug-likeness (QED) is 0.382. The van der Waals surface area contributed by atoms with E-state index in [1.807, 2.05) is 0 Å². The minimum absolute atomic E-state index is 0.0654. The van der Waals surface area contributed by atoms with Crippen molar-refractivity contribution < 1.29 is 18.7 Å². The van der Waals surface area contributed by atoms with Crippen molar-refractivity contribution in [1.29, 1.82) is 0 Å². The summed E-state index contributed by atoms with van der Waals surface area (Å²) in [4.78, 5) is 31.5. The van der Waals surface area contributed by atoms with Crippen molar-refractivity contribution in [2.45, 2.75) is 19.0 Å². The summed E-state index contributed by atoms with van der Waals surface area (Å²) in [6, 6.07) is 6.22. The van der Waals surface area contributed by atoms with Gasteiger partial charge in [0, 0.05) is 5.69 Å². The zero-order chi connectivity index (χ0) is 19.6. The number of aromatic amines is 2. The zero-order valence-electron chi connectivity index (χ0n) is 14.9. The van der Waals surface area contributed by atoms with Crippen LogP contribution in [-0.2, 0) is 4.74 Å². The number of nitrogens with zero attached hydrogens (tertiary/aromatic N) is 2. The molecule has 3 aromatic rings. The molecule has 9 heteroatoms. The van der Waals surface area contributed by atoms with Gasteiger partial charge in [0.15, 0.2) is 11.6 Å². The Bertz CT molecular complexity index is 1010. The van der Waals surface area contributed by atoms with Gasteiger partial charge >= 0.3 is 5.97 Å². The molecule has 0 saturated heterocycles. The summed E-state index contributed by atoms with van der Waals surface area (Å²) >= 11 is 1.12. The van der Waals surface area contributed by atoms with Crippen molar-refractivity contribution in [3.63, 3.8) is 0 Å². The normalized spacial score (nSPS) is 10.8. The molecule has 0 unspecified atom stereocenters. The van der Waals surface area contributed by atoms with E-state index in [1.165, 1.54) is 13.2 Å². The number of ketones is 1. The average molecular weight is 388 g/mol. The van der Waals surface area contributed by atoms with Crippen molar-refractivity contribution >= 4 is 23.5 Å². The number of nitrogens with one attached hydrogen (secondary N) is 2. The van der Waals surface area contributed by atoms with Gasteiger partial charge in [-0.15, -0.1) is 5.10 Å². The largest absolute Gasteiger partial charge is 0.465 e. The van der Waals surface area contributed by atoms with Gasteiger partial charge in [-0.2, -0.15) is 0 Å². The number of ether oxygens (including phenoxy) is 1. The topological polar surface area (TPSA) is 101 Å². The molecule has 7 nitrogen and oxygen atoms in total. The van der Waals surface area contributed by atoms with Crippen LogP contribution in [-0.4, -0.2) is 44.8 Å². The molecule has 2 heterocycles. The number of hydrogen-bond donors (Lipinski definition) is 2. The molecule has 0 atom stereocenters. The first-order valence-electron chi connectivity index (χ1n) is 8.03. The van der Waals surface area contributed by atoms with Gasteiger partial charge in [-0.25, -0.2) is 14.2 Å². The van der Waals surface area contributed by atoms with Gasteiger partial charge < -0.3 is 9.72 Å². The predicted molar refractivity (Wildman–Crippen MR) is 98.4 cm³/mol. The fourth-order valence-corrected chi connectivity index (χ4v) is 3.39. The molecule has 0 radical (unpaired) electrons. The highest BCUT2D eigenvalue weighted by Crippen LogP contribution is 2.24. The first kappa shape index (κ1) is 18.8. The molecule has 1 aromatic carbocycles. The molecule has 0 spiro atoms. The Morgan fingerprint density at radius 3 is 2.70 bits per heavy atom. The van der Waals surface area contributed by atoms with Gasteiger partial charge in [-0.3, -0.25) is 9.89 Å². The lowest BCUT2D eigenvalue weighted by Gasteiger charge is -2.00. The van der Waals surface area contributed by atoms with E-state index in [0.717, 1.165) is 11.8 Å². The van der Waals surface area contributed by atoms with Crippen molar-refractivity contribution in [2.24, 2.45) is 0 Å². The SMILES string of the molecule is COC(=O)c1c(C)[nH]c(C(=O)CSc2n[nH]c(-c3ccccc3F)n2)c1C. The third kappa shape index (κ3) is 3.77. The van der Waals surface area contributed by atoms with E-state index >= 15 is 0 Å². The van der Waals surface area contributed by atoms with E-state index in [9.17, 15) is 14.0 Å². The summed E-state index contributed by atoms with van der Waals surface area (Å²) in [6.45, 7) is 3.40. The number of carbonyl (C=O) groups excluding carboxylic acids is 2. The van der Waals surface area contributed by atoms with Gasteiger partial charge in [-0.1, -0.05) is 23.9 Å². The van der Waals surface area contributed by atoms with Gasteiger partial charge in [0.1, 0.15) is 5.82 Å². The standard InChI is InChI=1S/C18H17FN4O3S/c1-9-14(17(25)26-3)10(2)20-15(9)13(24)8-27-18-21-16(22-23-18)11-6-4-5-7-12(11)19/h4-7,20H,8H2,1-3H3,(H,21,22,23). The summed E-state index contributed by atoms with van der Waals surface area (Å²) < 4.78 is 18.6. The van der Waals surface area contributed by atoms with Crippen molar-refractivity contribution in [3.05, 3.63) is 52.6 Å². The fourth-order valence-electron chi connectivity index (χ4n) is 2.72. The second kappa shape index (κ2) is 7.75. The molecule has 140 valence electrons. The second-order valence-electron chi connectivity index (χ2n) is 5.77. The molecule has 0 aliphatic heterocycles. The Kier molecular flexibility index (Phi) is 5.41. The van der Waals surface area contributed by atoms with Gasteiger partial charge in [-0.05, 0) is 31.5 Å². The van der Waals surface area contributed by atoms with Gasteiger partial charge in [0.25, 0.3) is 0 Å². The van der Waals surface area contributed by atoms with Gasteiger partial charge in [0.2, 0.25) is 5.16 Å². The van der Waals surface area contributed by atoms with E-state index in [0.29, 0.717) is 39.1 Å². The first-order valence-corrected chi connectivity index (χ1v) is 9.01. The molecule has 2 N–H and O–H groups in total. The zero-order valence-corrected chi connectivity index (χ0v) is 15.7. The Morgan fingerprint density at radius 2 is 2.00 bits per heavy atom. The van der Waals surface area contributed by atoms with E-state index in [2.05, 4.69) is 20.2 Å². The molecule has 3 rings (SSSR count). The number of thioether (sulfide) groups is 1. The van der Waals surface area contributed by atoms with Crippen molar-refractivity contribution in [3.8, 4) is 11.4 Å². The summed E-state index contributed by atoms with van der Waals surface area (Å²) in [5, 5.41) is 7.01. The molecule has 0 saturated carbocycles. The van der Waals surface area contributed by atoms with Crippen LogP contribution in [0.4, 0.5) is 4.39 Å².